The molecule has 29 heavy (non-hydrogen) atoms. The highest BCUT2D eigenvalue weighted by molar-refractivity contribution is 6.01. The number of benzene rings is 1. The van der Waals surface area contributed by atoms with Gasteiger partial charge in [0.15, 0.2) is 0 Å². The number of aryl methyl sites for hydroxylation is 1. The third-order valence-electron chi connectivity index (χ3n) is 4.06. The lowest BCUT2D eigenvalue weighted by molar-refractivity contribution is 0.0948. The predicted molar refractivity (Wildman–Crippen MR) is 106 cm³/mol. The Morgan fingerprint density at radius 1 is 1.28 bits per heavy atom. The van der Waals surface area contributed by atoms with E-state index in [0.717, 1.165) is 5.56 Å². The van der Waals surface area contributed by atoms with Crippen LogP contribution in [-0.4, -0.2) is 31.7 Å². The van der Waals surface area contributed by atoms with Crippen LogP contribution in [0.2, 0.25) is 0 Å². The summed E-state index contributed by atoms with van der Waals surface area (Å²) in [4.78, 5) is 21.5. The zero-order valence-corrected chi connectivity index (χ0v) is 15.9. The Labute approximate surface area is 167 Å². The average molecular weight is 386 g/mol. The highest BCUT2D eigenvalue weighted by atomic mass is 16.1. The molecule has 3 aromatic rings. The summed E-state index contributed by atoms with van der Waals surface area (Å²) in [5.41, 5.74) is 3.10. The maximum atomic E-state index is 12.6. The molecule has 1 aromatic carbocycles. The van der Waals surface area contributed by atoms with Crippen LogP contribution in [0.15, 0.2) is 42.9 Å². The van der Waals surface area contributed by atoms with Crippen molar-refractivity contribution in [2.75, 3.05) is 5.32 Å². The molecule has 0 aliphatic carbocycles. The Hall–Kier alpha value is -4.24. The molecule has 0 aliphatic heterocycles. The number of nitrogens with one attached hydrogen (secondary N) is 2. The zero-order chi connectivity index (χ0) is 20.8. The second-order valence-corrected chi connectivity index (χ2v) is 6.30. The van der Waals surface area contributed by atoms with Crippen molar-refractivity contribution >= 4 is 17.5 Å². The van der Waals surface area contributed by atoms with Crippen LogP contribution >= 0.6 is 0 Å². The highest BCUT2D eigenvalue weighted by Crippen LogP contribution is 2.26. The molecule has 9 heteroatoms. The number of hydrogen-bond donors (Lipinski definition) is 2. The number of carbonyl (C=O) groups excluding carboxylic acids is 1. The van der Waals surface area contributed by atoms with E-state index in [9.17, 15) is 4.79 Å². The van der Waals surface area contributed by atoms with Gasteiger partial charge in [0.25, 0.3) is 5.91 Å². The van der Waals surface area contributed by atoms with E-state index in [1.165, 1.54) is 4.68 Å². The van der Waals surface area contributed by atoms with Gasteiger partial charge in [-0.05, 0) is 25.5 Å². The van der Waals surface area contributed by atoms with E-state index >= 15 is 0 Å². The first-order chi connectivity index (χ1) is 14.0. The maximum absolute atomic E-state index is 12.6. The fourth-order valence-electron chi connectivity index (χ4n) is 2.69. The molecule has 0 saturated carbocycles. The lowest BCUT2D eigenvalue weighted by Crippen LogP contribution is -2.31. The number of hydrogen-bond acceptors (Lipinski definition) is 7. The van der Waals surface area contributed by atoms with Crippen LogP contribution in [0.25, 0.3) is 11.3 Å². The second-order valence-electron chi connectivity index (χ2n) is 6.30. The first-order valence-corrected chi connectivity index (χ1v) is 8.81. The van der Waals surface area contributed by atoms with E-state index in [2.05, 4.69) is 25.7 Å². The van der Waals surface area contributed by atoms with E-state index in [1.807, 2.05) is 25.1 Å². The van der Waals surface area contributed by atoms with Gasteiger partial charge < -0.3 is 10.6 Å². The largest absolute Gasteiger partial charge is 0.337 e. The first-order valence-electron chi connectivity index (χ1n) is 8.81. The Bertz CT molecular complexity index is 1120. The molecule has 2 heterocycles. The van der Waals surface area contributed by atoms with Gasteiger partial charge in [-0.3, -0.25) is 9.48 Å². The third kappa shape index (κ3) is 4.54. The molecule has 0 fully saturated rings. The molecule has 1 amide bonds. The molecule has 9 nitrogen and oxygen atoms in total. The average Bonchev–Trinajstić information content (AvgIpc) is 3.16. The molecule has 0 aliphatic rings. The van der Waals surface area contributed by atoms with Crippen molar-refractivity contribution in [2.45, 2.75) is 26.4 Å². The molecule has 0 radical (unpaired) electrons. The number of carbonyl (C=O) groups is 1. The highest BCUT2D eigenvalue weighted by Gasteiger charge is 2.17. The number of anilines is 2. The van der Waals surface area contributed by atoms with Gasteiger partial charge in [0.2, 0.25) is 5.95 Å². The molecule has 144 valence electrons. The van der Waals surface area contributed by atoms with Gasteiger partial charge in [-0.1, -0.05) is 18.2 Å². The lowest BCUT2D eigenvalue weighted by atomic mass is 10.0. The summed E-state index contributed by atoms with van der Waals surface area (Å²) in [5.74, 6) is -0.0114. The van der Waals surface area contributed by atoms with Crippen molar-refractivity contribution in [1.29, 1.82) is 10.5 Å². The molecule has 2 aromatic heterocycles. The quantitative estimate of drug-likeness (QED) is 0.665. The van der Waals surface area contributed by atoms with Crippen molar-refractivity contribution in [2.24, 2.45) is 0 Å². The smallest absolute Gasteiger partial charge is 0.252 e. The normalized spacial score (nSPS) is 11.2. The second kappa shape index (κ2) is 8.63. The number of rotatable bonds is 6. The van der Waals surface area contributed by atoms with Crippen LogP contribution in [0.5, 0.6) is 0 Å². The van der Waals surface area contributed by atoms with E-state index in [0.29, 0.717) is 28.5 Å². The van der Waals surface area contributed by atoms with Gasteiger partial charge in [-0.25, -0.2) is 9.97 Å². The van der Waals surface area contributed by atoms with Crippen molar-refractivity contribution in [3.8, 4) is 23.4 Å². The minimum absolute atomic E-state index is 0.144. The topological polar surface area (TPSA) is 132 Å². The maximum Gasteiger partial charge on any atom is 0.252 e. The summed E-state index contributed by atoms with van der Waals surface area (Å²) in [6.45, 7) is 3.62. The van der Waals surface area contributed by atoms with Crippen molar-refractivity contribution in [3.05, 3.63) is 54.0 Å². The van der Waals surface area contributed by atoms with Crippen LogP contribution in [0, 0.1) is 29.6 Å². The van der Waals surface area contributed by atoms with E-state index in [4.69, 9.17) is 10.5 Å². The Balaban J connectivity index is 1.93. The molecule has 1 unspecified atom stereocenters. The standard InChI is InChI=1S/C20H18N8O/c1-13-10-23-20(26-15-11-24-28(12-15)8-7-21)27-18(13)16-5-3-4-6-17(16)19(29)25-14(2)9-22/h3-6,10-12,14H,8H2,1-2H3,(H,25,29)(H,23,26,27). The fourth-order valence-corrected chi connectivity index (χ4v) is 2.69. The molecule has 0 spiro atoms. The van der Waals surface area contributed by atoms with E-state index in [1.54, 1.807) is 43.7 Å². The minimum atomic E-state index is -0.607. The van der Waals surface area contributed by atoms with Gasteiger partial charge >= 0.3 is 0 Å². The van der Waals surface area contributed by atoms with Gasteiger partial charge in [0, 0.05) is 23.5 Å². The Morgan fingerprint density at radius 2 is 2.07 bits per heavy atom. The van der Waals surface area contributed by atoms with E-state index in [-0.39, 0.29) is 12.5 Å². The summed E-state index contributed by atoms with van der Waals surface area (Å²) >= 11 is 0. The van der Waals surface area contributed by atoms with Crippen LogP contribution in [0.3, 0.4) is 0 Å². The van der Waals surface area contributed by atoms with Crippen LogP contribution in [0.1, 0.15) is 22.8 Å². The number of nitrogens with zero attached hydrogens (tertiary/aromatic N) is 6. The molecule has 0 bridgehead atoms. The summed E-state index contributed by atoms with van der Waals surface area (Å²) in [6, 6.07) is 10.5. The van der Waals surface area contributed by atoms with Gasteiger partial charge in [-0.15, -0.1) is 0 Å². The minimum Gasteiger partial charge on any atom is -0.337 e. The number of nitriles is 2. The fraction of sp³-hybridized carbons (Fsp3) is 0.200. The summed E-state index contributed by atoms with van der Waals surface area (Å²) in [6.07, 6.45) is 4.92. The van der Waals surface area contributed by atoms with Gasteiger partial charge in [0.05, 0.1) is 29.7 Å². The molecule has 2 N–H and O–H groups in total. The zero-order valence-electron chi connectivity index (χ0n) is 15.9. The van der Waals surface area contributed by atoms with Crippen molar-refractivity contribution < 1.29 is 4.79 Å². The molecule has 1 atom stereocenters. The Kier molecular flexibility index (Phi) is 5.81. The van der Waals surface area contributed by atoms with Crippen LogP contribution in [0.4, 0.5) is 11.6 Å². The number of aromatic nitrogens is 4. The van der Waals surface area contributed by atoms with Gasteiger partial charge in [-0.2, -0.15) is 15.6 Å². The predicted octanol–water partition coefficient (Wildman–Crippen LogP) is 2.56. The molecular weight excluding hydrogens is 368 g/mol. The molecule has 0 saturated heterocycles. The van der Waals surface area contributed by atoms with Crippen LogP contribution < -0.4 is 10.6 Å². The summed E-state index contributed by atoms with van der Waals surface area (Å²) in [5, 5.41) is 27.5. The third-order valence-corrected chi connectivity index (χ3v) is 4.06. The SMILES string of the molecule is Cc1cnc(Nc2cnn(CC#N)c2)nc1-c1ccccc1C(=O)NC(C)C#N. The van der Waals surface area contributed by atoms with E-state index < -0.39 is 6.04 Å². The van der Waals surface area contributed by atoms with Crippen LogP contribution in [-0.2, 0) is 6.54 Å². The molecule has 3 rings (SSSR count). The Morgan fingerprint density at radius 3 is 2.83 bits per heavy atom. The van der Waals surface area contributed by atoms with Crippen molar-refractivity contribution in [3.63, 3.8) is 0 Å². The number of amides is 1. The lowest BCUT2D eigenvalue weighted by Gasteiger charge is -2.13. The van der Waals surface area contributed by atoms with Crippen molar-refractivity contribution in [1.82, 2.24) is 25.1 Å². The summed E-state index contributed by atoms with van der Waals surface area (Å²) in [7, 11) is 0. The molecular formula is C20H18N8O. The van der Waals surface area contributed by atoms with Gasteiger partial charge in [0.1, 0.15) is 12.6 Å². The first kappa shape index (κ1) is 19.5. The summed E-state index contributed by atoms with van der Waals surface area (Å²) < 4.78 is 1.49. The monoisotopic (exact) mass is 386 g/mol.